The van der Waals surface area contributed by atoms with Crippen molar-refractivity contribution in [2.24, 2.45) is 5.92 Å². The lowest BCUT2D eigenvalue weighted by atomic mass is 10.0. The molecule has 13 heteroatoms. The molecule has 1 atom stereocenters. The molecule has 1 aliphatic carbocycles. The number of methoxy groups -OCH3 is 2. The van der Waals surface area contributed by atoms with E-state index in [1.54, 1.807) is 18.2 Å². The van der Waals surface area contributed by atoms with E-state index in [9.17, 15) is 18.8 Å². The Balaban J connectivity index is 1.58. The van der Waals surface area contributed by atoms with Crippen LogP contribution in [0.3, 0.4) is 0 Å². The van der Waals surface area contributed by atoms with Gasteiger partial charge in [0.2, 0.25) is 0 Å². The van der Waals surface area contributed by atoms with Gasteiger partial charge in [-0.2, -0.15) is 13.5 Å². The average Bonchev–Trinajstić information content (AvgIpc) is 3.76. The van der Waals surface area contributed by atoms with Crippen LogP contribution in [0.4, 0.5) is 8.78 Å². The third kappa shape index (κ3) is 8.40. The van der Waals surface area contributed by atoms with Gasteiger partial charge in [-0.3, -0.25) is 0 Å². The minimum atomic E-state index is -3.06. The lowest BCUT2D eigenvalue weighted by molar-refractivity contribution is -0.605. The number of nitrogens with zero attached hydrogens (tertiary/aromatic N) is 1. The zero-order valence-electron chi connectivity index (χ0n) is 22.1. The van der Waals surface area contributed by atoms with Crippen molar-refractivity contribution in [2.45, 2.75) is 32.0 Å². The summed E-state index contributed by atoms with van der Waals surface area (Å²) >= 11 is 12.6. The topological polar surface area (TPSA) is 99.4 Å². The van der Waals surface area contributed by atoms with Crippen molar-refractivity contribution in [2.75, 3.05) is 27.4 Å². The average molecular weight is 614 g/mol. The number of carbonyl (C=O) groups excluding carboxylic acids is 1. The summed E-state index contributed by atoms with van der Waals surface area (Å²) in [5.41, 5.74) is 0.732. The fourth-order valence-corrected chi connectivity index (χ4v) is 4.50. The van der Waals surface area contributed by atoms with Crippen molar-refractivity contribution in [3.05, 3.63) is 75.2 Å². The van der Waals surface area contributed by atoms with Crippen LogP contribution in [0.25, 0.3) is 0 Å². The highest BCUT2D eigenvalue weighted by Crippen LogP contribution is 2.38. The van der Waals surface area contributed by atoms with Gasteiger partial charge < -0.3 is 33.6 Å². The summed E-state index contributed by atoms with van der Waals surface area (Å²) in [5.74, 6) is 0.716. The SMILES string of the molecule is COc1ccc(OCC(=O)O[C@@H](Cc2c(Cl)c[n+]([O-])cc2Cl)c2ccc(OC(F)F)c(OCC3CC3)c2)cc1OC. The van der Waals surface area contributed by atoms with E-state index in [4.69, 9.17) is 46.9 Å². The Morgan fingerprint density at radius 2 is 1.66 bits per heavy atom. The fraction of sp³-hybridized carbons (Fsp3) is 0.357. The summed E-state index contributed by atoms with van der Waals surface area (Å²) in [6.45, 7) is -3.21. The van der Waals surface area contributed by atoms with Crippen LogP contribution in [0.15, 0.2) is 48.8 Å². The molecule has 0 radical (unpaired) electrons. The van der Waals surface area contributed by atoms with Crippen LogP contribution >= 0.6 is 23.2 Å². The van der Waals surface area contributed by atoms with Gasteiger partial charge >= 0.3 is 12.6 Å². The van der Waals surface area contributed by atoms with Gasteiger partial charge in [-0.05, 0) is 48.6 Å². The summed E-state index contributed by atoms with van der Waals surface area (Å²) in [7, 11) is 2.96. The number of hydrogen-bond acceptors (Lipinski definition) is 8. The Kier molecular flexibility index (Phi) is 10.2. The van der Waals surface area contributed by atoms with Crippen LogP contribution in [0.2, 0.25) is 10.0 Å². The molecule has 1 heterocycles. The second-order valence-electron chi connectivity index (χ2n) is 9.12. The second-order valence-corrected chi connectivity index (χ2v) is 9.93. The molecule has 0 aliphatic heterocycles. The molecule has 0 unspecified atom stereocenters. The number of benzene rings is 2. The molecule has 9 nitrogen and oxygen atoms in total. The van der Waals surface area contributed by atoms with Crippen molar-refractivity contribution < 1.29 is 46.7 Å². The minimum Gasteiger partial charge on any atom is -0.619 e. The summed E-state index contributed by atoms with van der Waals surface area (Å²) in [4.78, 5) is 12.9. The molecule has 3 aromatic rings. The molecule has 0 saturated heterocycles. The molecule has 0 N–H and O–H groups in total. The molecule has 4 rings (SSSR count). The molecule has 41 heavy (non-hydrogen) atoms. The number of ether oxygens (including phenoxy) is 6. The van der Waals surface area contributed by atoms with E-state index in [0.717, 1.165) is 25.2 Å². The first-order chi connectivity index (χ1) is 19.7. The van der Waals surface area contributed by atoms with Gasteiger partial charge in [0.25, 0.3) is 0 Å². The third-order valence-corrected chi connectivity index (χ3v) is 6.81. The van der Waals surface area contributed by atoms with E-state index in [0.29, 0.717) is 45.6 Å². The molecule has 0 bridgehead atoms. The standard InChI is InChI=1S/C28H27Cl2F2NO8/c1-36-22-8-6-18(10-25(22)37-2)38-15-27(34)40-24(11-19-20(29)12-33(35)13-21(19)30)17-5-7-23(41-28(31)32)26(9-17)39-14-16-3-4-16/h5-10,12-13,16,24,28H,3-4,11,14-15H2,1-2H3/t24-/m0/s1. The number of carbonyl (C=O) groups is 1. The maximum absolute atomic E-state index is 13.0. The van der Waals surface area contributed by atoms with E-state index in [-0.39, 0.29) is 28.0 Å². The second kappa shape index (κ2) is 13.8. The number of aromatic nitrogens is 1. The lowest BCUT2D eigenvalue weighted by Gasteiger charge is -2.21. The maximum atomic E-state index is 13.0. The van der Waals surface area contributed by atoms with Crippen LogP contribution in [0.1, 0.15) is 30.1 Å². The van der Waals surface area contributed by atoms with Crippen LogP contribution in [0.5, 0.6) is 28.7 Å². The molecule has 1 fully saturated rings. The molecule has 1 aromatic heterocycles. The molecule has 1 saturated carbocycles. The number of pyridine rings is 1. The van der Waals surface area contributed by atoms with Gasteiger partial charge in [-0.1, -0.05) is 29.3 Å². The number of alkyl halides is 2. The van der Waals surface area contributed by atoms with Crippen LogP contribution < -0.4 is 28.4 Å². The number of halogens is 4. The highest BCUT2D eigenvalue weighted by molar-refractivity contribution is 6.35. The normalized spacial score (nSPS) is 13.4. The number of esters is 1. The minimum absolute atomic E-state index is 0.0439. The molecule has 0 spiro atoms. The first-order valence-corrected chi connectivity index (χ1v) is 13.2. The zero-order chi connectivity index (χ0) is 29.5. The van der Waals surface area contributed by atoms with Crippen molar-refractivity contribution in [1.82, 2.24) is 0 Å². The van der Waals surface area contributed by atoms with E-state index in [1.807, 2.05) is 0 Å². The van der Waals surface area contributed by atoms with E-state index in [1.165, 1.54) is 32.4 Å². The first kappa shape index (κ1) is 30.3. The number of rotatable bonds is 14. The Morgan fingerprint density at radius 3 is 2.29 bits per heavy atom. The Morgan fingerprint density at radius 1 is 0.976 bits per heavy atom. The molecular weight excluding hydrogens is 587 g/mol. The van der Waals surface area contributed by atoms with Crippen molar-refractivity contribution in [1.29, 1.82) is 0 Å². The quantitative estimate of drug-likeness (QED) is 0.125. The molecular formula is C28H27Cl2F2NO8. The summed E-state index contributed by atoms with van der Waals surface area (Å²) in [5, 5.41) is 11.8. The molecule has 0 amide bonds. The lowest BCUT2D eigenvalue weighted by Crippen LogP contribution is -2.26. The maximum Gasteiger partial charge on any atom is 0.387 e. The van der Waals surface area contributed by atoms with Crippen molar-refractivity contribution in [3.63, 3.8) is 0 Å². The molecule has 2 aromatic carbocycles. The molecule has 220 valence electrons. The fourth-order valence-electron chi connectivity index (χ4n) is 3.90. The monoisotopic (exact) mass is 613 g/mol. The smallest absolute Gasteiger partial charge is 0.387 e. The Bertz CT molecular complexity index is 1350. The van der Waals surface area contributed by atoms with Crippen LogP contribution in [-0.4, -0.2) is 40.0 Å². The van der Waals surface area contributed by atoms with Gasteiger partial charge in [-0.25, -0.2) is 4.79 Å². The summed E-state index contributed by atoms with van der Waals surface area (Å²) in [6, 6.07) is 9.01. The van der Waals surface area contributed by atoms with Crippen LogP contribution in [-0.2, 0) is 16.0 Å². The highest BCUT2D eigenvalue weighted by Gasteiger charge is 2.26. The largest absolute Gasteiger partial charge is 0.619 e. The van der Waals surface area contributed by atoms with Gasteiger partial charge in [0.15, 0.2) is 42.0 Å². The Hall–Kier alpha value is -3.70. The highest BCUT2D eigenvalue weighted by atomic mass is 35.5. The predicted octanol–water partition coefficient (Wildman–Crippen LogP) is 5.94. The van der Waals surface area contributed by atoms with Gasteiger partial charge in [-0.15, -0.1) is 0 Å². The molecule has 1 aliphatic rings. The van der Waals surface area contributed by atoms with Gasteiger partial charge in [0.05, 0.1) is 20.8 Å². The van der Waals surface area contributed by atoms with E-state index in [2.05, 4.69) is 4.74 Å². The third-order valence-electron chi connectivity index (χ3n) is 6.16. The van der Waals surface area contributed by atoms with Gasteiger partial charge in [0.1, 0.15) is 21.9 Å². The van der Waals surface area contributed by atoms with E-state index >= 15 is 0 Å². The summed E-state index contributed by atoms with van der Waals surface area (Å²) in [6.07, 6.45) is 3.14. The summed E-state index contributed by atoms with van der Waals surface area (Å²) < 4.78 is 58.7. The van der Waals surface area contributed by atoms with Gasteiger partial charge in [0, 0.05) is 18.1 Å². The zero-order valence-corrected chi connectivity index (χ0v) is 23.6. The Labute approximate surface area is 245 Å². The number of hydrogen-bond donors (Lipinski definition) is 0. The van der Waals surface area contributed by atoms with E-state index < -0.39 is 25.3 Å². The van der Waals surface area contributed by atoms with Crippen molar-refractivity contribution >= 4 is 29.2 Å². The van der Waals surface area contributed by atoms with Crippen molar-refractivity contribution in [3.8, 4) is 28.7 Å². The first-order valence-electron chi connectivity index (χ1n) is 12.5. The van der Waals surface area contributed by atoms with Crippen LogP contribution in [0, 0.1) is 11.1 Å². The predicted molar refractivity (Wildman–Crippen MR) is 144 cm³/mol.